The Balaban J connectivity index is 2.70. The molecule has 2 N–H and O–H groups in total. The number of carbonyl (C=O) groups excluding carboxylic acids is 1. The number of hydrogen-bond donors (Lipinski definition) is 2. The lowest BCUT2D eigenvalue weighted by Crippen LogP contribution is -2.61. The molecule has 0 spiro atoms. The van der Waals surface area contributed by atoms with Crippen LogP contribution in [-0.4, -0.2) is 52.8 Å². The summed E-state index contributed by atoms with van der Waals surface area (Å²) < 4.78 is 5.24. The molecule has 6 heteroatoms. The van der Waals surface area contributed by atoms with Gasteiger partial charge in [-0.15, -0.1) is 0 Å². The lowest BCUT2D eigenvalue weighted by atomic mass is 10.1. The number of ether oxygens (including phenoxy) is 1. The van der Waals surface area contributed by atoms with Gasteiger partial charge in [-0.25, -0.2) is 4.79 Å². The molecule has 17 heavy (non-hydrogen) atoms. The molecule has 98 valence electrons. The van der Waals surface area contributed by atoms with Crippen LogP contribution in [0.15, 0.2) is 0 Å². The Bertz CT molecular complexity index is 311. The summed E-state index contributed by atoms with van der Waals surface area (Å²) in [5.41, 5.74) is -0.569. The van der Waals surface area contributed by atoms with Crippen LogP contribution in [0.2, 0.25) is 0 Å². The van der Waals surface area contributed by atoms with Crippen LogP contribution in [0.1, 0.15) is 27.7 Å². The Kier molecular flexibility index (Phi) is 3.98. The Morgan fingerprint density at radius 3 is 2.47 bits per heavy atom. The minimum atomic E-state index is -0.953. The molecule has 0 aromatic carbocycles. The smallest absolute Gasteiger partial charge is 0.410 e. The topological polar surface area (TPSA) is 78.9 Å². The first kappa shape index (κ1) is 13.8. The molecule has 1 aliphatic heterocycles. The second-order valence-corrected chi connectivity index (χ2v) is 5.18. The fourth-order valence-corrected chi connectivity index (χ4v) is 1.77. The molecule has 0 bridgehead atoms. The lowest BCUT2D eigenvalue weighted by Gasteiger charge is -2.38. The third-order valence-corrected chi connectivity index (χ3v) is 2.59. The molecule has 0 aromatic heterocycles. The summed E-state index contributed by atoms with van der Waals surface area (Å²) in [4.78, 5) is 24.3. The number of aliphatic carboxylic acids is 1. The van der Waals surface area contributed by atoms with E-state index in [-0.39, 0.29) is 0 Å². The van der Waals surface area contributed by atoms with Gasteiger partial charge in [-0.2, -0.15) is 0 Å². The molecule has 1 saturated heterocycles. The molecule has 6 nitrogen and oxygen atoms in total. The van der Waals surface area contributed by atoms with Crippen molar-refractivity contribution in [2.45, 2.75) is 45.4 Å². The van der Waals surface area contributed by atoms with Crippen LogP contribution in [0.3, 0.4) is 0 Å². The van der Waals surface area contributed by atoms with Gasteiger partial charge >= 0.3 is 12.1 Å². The molecule has 1 fully saturated rings. The molecule has 2 unspecified atom stereocenters. The Hall–Kier alpha value is -1.30. The number of carbonyl (C=O) groups is 2. The number of amides is 1. The predicted octanol–water partition coefficient (Wildman–Crippen LogP) is 0.668. The molecular formula is C11H20N2O4. The van der Waals surface area contributed by atoms with E-state index in [1.54, 1.807) is 27.7 Å². The van der Waals surface area contributed by atoms with Crippen molar-refractivity contribution in [1.82, 2.24) is 10.2 Å². The highest BCUT2D eigenvalue weighted by atomic mass is 16.6. The first-order valence-electron chi connectivity index (χ1n) is 5.68. The maximum absolute atomic E-state index is 11.9. The number of hydrogen-bond acceptors (Lipinski definition) is 4. The van der Waals surface area contributed by atoms with Crippen molar-refractivity contribution < 1.29 is 19.4 Å². The molecule has 1 aliphatic rings. The summed E-state index contributed by atoms with van der Waals surface area (Å²) >= 11 is 0. The van der Waals surface area contributed by atoms with Gasteiger partial charge < -0.3 is 20.1 Å². The zero-order valence-corrected chi connectivity index (χ0v) is 10.7. The summed E-state index contributed by atoms with van der Waals surface area (Å²) in [7, 11) is 0. The summed E-state index contributed by atoms with van der Waals surface area (Å²) in [6, 6.07) is -1.16. The number of nitrogens with one attached hydrogen (secondary N) is 1. The van der Waals surface area contributed by atoms with Crippen LogP contribution < -0.4 is 5.32 Å². The van der Waals surface area contributed by atoms with Crippen LogP contribution >= 0.6 is 0 Å². The molecule has 0 radical (unpaired) electrons. The average molecular weight is 244 g/mol. The molecule has 1 heterocycles. The van der Waals surface area contributed by atoms with Crippen molar-refractivity contribution in [1.29, 1.82) is 0 Å². The van der Waals surface area contributed by atoms with Gasteiger partial charge in [-0.1, -0.05) is 0 Å². The van der Waals surface area contributed by atoms with Crippen molar-refractivity contribution in [2.75, 3.05) is 13.1 Å². The quantitative estimate of drug-likeness (QED) is 0.708. The Morgan fingerprint density at radius 1 is 1.41 bits per heavy atom. The number of nitrogens with zero attached hydrogens (tertiary/aromatic N) is 1. The van der Waals surface area contributed by atoms with E-state index in [4.69, 9.17) is 9.84 Å². The van der Waals surface area contributed by atoms with Gasteiger partial charge in [0, 0.05) is 13.1 Å². The molecule has 1 amide bonds. The number of piperazine rings is 1. The van der Waals surface area contributed by atoms with Crippen molar-refractivity contribution in [3.05, 3.63) is 0 Å². The highest BCUT2D eigenvalue weighted by molar-refractivity contribution is 5.77. The van der Waals surface area contributed by atoms with Gasteiger partial charge in [0.15, 0.2) is 0 Å². The maximum Gasteiger partial charge on any atom is 0.410 e. The predicted molar refractivity (Wildman–Crippen MR) is 61.8 cm³/mol. The SMILES string of the molecule is CC1C(C(=O)O)NCCN1C(=O)OC(C)(C)C. The monoisotopic (exact) mass is 244 g/mol. The van der Waals surface area contributed by atoms with Crippen LogP contribution in [0, 0.1) is 0 Å². The first-order valence-corrected chi connectivity index (χ1v) is 5.68. The lowest BCUT2D eigenvalue weighted by molar-refractivity contribution is -0.141. The minimum Gasteiger partial charge on any atom is -0.480 e. The third-order valence-electron chi connectivity index (χ3n) is 2.59. The molecule has 0 aliphatic carbocycles. The van der Waals surface area contributed by atoms with E-state index in [2.05, 4.69) is 5.32 Å². The first-order chi connectivity index (χ1) is 7.72. The zero-order valence-electron chi connectivity index (χ0n) is 10.7. The van der Waals surface area contributed by atoms with E-state index < -0.39 is 29.7 Å². The van der Waals surface area contributed by atoms with E-state index in [9.17, 15) is 9.59 Å². The second kappa shape index (κ2) is 4.91. The largest absolute Gasteiger partial charge is 0.480 e. The van der Waals surface area contributed by atoms with Crippen LogP contribution in [0.4, 0.5) is 4.79 Å². The number of carboxylic acid groups (broad SMARTS) is 1. The van der Waals surface area contributed by atoms with Crippen LogP contribution in [-0.2, 0) is 9.53 Å². The maximum atomic E-state index is 11.9. The standard InChI is InChI=1S/C11H20N2O4/c1-7-8(9(14)15)12-5-6-13(7)10(16)17-11(2,3)4/h7-8,12H,5-6H2,1-4H3,(H,14,15). The number of rotatable bonds is 1. The van der Waals surface area contributed by atoms with Gasteiger partial charge in [0.05, 0.1) is 6.04 Å². The normalized spacial score (nSPS) is 25.5. The highest BCUT2D eigenvalue weighted by Crippen LogP contribution is 2.15. The Morgan fingerprint density at radius 2 is 2.00 bits per heavy atom. The Labute approximate surface area is 101 Å². The summed E-state index contributed by atoms with van der Waals surface area (Å²) in [6.45, 7) is 7.97. The number of carboxylic acids is 1. The van der Waals surface area contributed by atoms with Gasteiger partial charge in [-0.05, 0) is 27.7 Å². The second-order valence-electron chi connectivity index (χ2n) is 5.18. The van der Waals surface area contributed by atoms with E-state index in [1.165, 1.54) is 4.90 Å². The van der Waals surface area contributed by atoms with Crippen LogP contribution in [0.25, 0.3) is 0 Å². The van der Waals surface area contributed by atoms with Gasteiger partial charge in [0.1, 0.15) is 11.6 Å². The van der Waals surface area contributed by atoms with Crippen molar-refractivity contribution in [2.24, 2.45) is 0 Å². The molecular weight excluding hydrogens is 224 g/mol. The summed E-state index contributed by atoms with van der Waals surface area (Å²) in [5, 5.41) is 11.9. The molecule has 0 aromatic rings. The van der Waals surface area contributed by atoms with Gasteiger partial charge in [-0.3, -0.25) is 4.79 Å². The van der Waals surface area contributed by atoms with E-state index in [0.29, 0.717) is 13.1 Å². The van der Waals surface area contributed by atoms with Gasteiger partial charge in [0.25, 0.3) is 0 Å². The van der Waals surface area contributed by atoms with Crippen LogP contribution in [0.5, 0.6) is 0 Å². The molecule has 1 rings (SSSR count). The fourth-order valence-electron chi connectivity index (χ4n) is 1.77. The van der Waals surface area contributed by atoms with Gasteiger partial charge in [0.2, 0.25) is 0 Å². The van der Waals surface area contributed by atoms with E-state index in [0.717, 1.165) is 0 Å². The molecule has 0 saturated carbocycles. The minimum absolute atomic E-state index is 0.420. The summed E-state index contributed by atoms with van der Waals surface area (Å²) in [5.74, 6) is -0.953. The summed E-state index contributed by atoms with van der Waals surface area (Å²) in [6.07, 6.45) is -0.460. The highest BCUT2D eigenvalue weighted by Gasteiger charge is 2.36. The fraction of sp³-hybridized carbons (Fsp3) is 0.818. The molecule has 2 atom stereocenters. The van der Waals surface area contributed by atoms with E-state index >= 15 is 0 Å². The van der Waals surface area contributed by atoms with Crippen molar-refractivity contribution in [3.8, 4) is 0 Å². The van der Waals surface area contributed by atoms with E-state index in [1.807, 2.05) is 0 Å². The third kappa shape index (κ3) is 3.59. The van der Waals surface area contributed by atoms with Crippen molar-refractivity contribution >= 4 is 12.1 Å². The van der Waals surface area contributed by atoms with Crippen molar-refractivity contribution in [3.63, 3.8) is 0 Å². The zero-order chi connectivity index (χ0) is 13.2. The average Bonchev–Trinajstić information content (AvgIpc) is 2.14.